The van der Waals surface area contributed by atoms with Crippen LogP contribution in [-0.2, 0) is 0 Å². The Kier molecular flexibility index (Phi) is 2.73. The number of rotatable bonds is 1. The van der Waals surface area contributed by atoms with Gasteiger partial charge in [0.2, 0.25) is 0 Å². The summed E-state index contributed by atoms with van der Waals surface area (Å²) in [5, 5.41) is 0. The molecule has 0 aromatic carbocycles. The van der Waals surface area contributed by atoms with Gasteiger partial charge in [-0.3, -0.25) is 0 Å². The second-order valence-electron chi connectivity index (χ2n) is 1.55. The van der Waals surface area contributed by atoms with Crippen LogP contribution < -0.4 is 0 Å². The van der Waals surface area contributed by atoms with Gasteiger partial charge in [-0.25, -0.2) is 4.58 Å². The van der Waals surface area contributed by atoms with Crippen LogP contribution >= 0.6 is 0 Å². The lowest BCUT2D eigenvalue weighted by molar-refractivity contribution is -0.460. The molecule has 0 aliphatic heterocycles. The molecule has 0 radical (unpaired) electrons. The molecule has 0 aliphatic carbocycles. The predicted octanol–water partition coefficient (Wildman–Crippen LogP) is 0.739. The molecule has 0 aliphatic rings. The zero-order valence-electron chi connectivity index (χ0n) is 4.73. The molecule has 36 valence electrons. The van der Waals surface area contributed by atoms with E-state index < -0.39 is 0 Å². The number of hydrogen-bond donors (Lipinski definition) is 0. The van der Waals surface area contributed by atoms with E-state index in [1.54, 1.807) is 0 Å². The Labute approximate surface area is 39.3 Å². The van der Waals surface area contributed by atoms with Gasteiger partial charge in [0.25, 0.3) is 0 Å². The van der Waals surface area contributed by atoms with Crippen LogP contribution in [0.15, 0.2) is 0 Å². The Hall–Kier alpha value is -0.330. The van der Waals surface area contributed by atoms with Crippen LogP contribution in [0.25, 0.3) is 0 Å². The maximum Gasteiger partial charge on any atom is 0.138 e. The van der Waals surface area contributed by atoms with E-state index in [9.17, 15) is 0 Å². The Balaban J connectivity index is 3.14. The van der Waals surface area contributed by atoms with E-state index in [4.69, 9.17) is 0 Å². The van der Waals surface area contributed by atoms with Crippen molar-refractivity contribution < 1.29 is 4.58 Å². The van der Waals surface area contributed by atoms with Gasteiger partial charge in [-0.15, -0.1) is 0 Å². The third-order valence-corrected chi connectivity index (χ3v) is 0.548. The minimum atomic E-state index is 1.13. The highest BCUT2D eigenvalue weighted by Gasteiger charge is 1.72. The molecule has 0 amide bonds. The normalized spacial score (nSPS) is 12.2. The average Bonchev–Trinajstić information content (AvgIpc) is 1.35. The molecule has 0 rings (SSSR count). The Morgan fingerprint density at radius 2 is 2.00 bits per heavy atom. The van der Waals surface area contributed by atoms with E-state index in [1.165, 1.54) is 0 Å². The monoisotopic (exact) mass is 89.1 g/mol. The minimum absolute atomic E-state index is 1.13. The Bertz CT molecular complexity index is 51.0. The highest BCUT2D eigenvalue weighted by atomic mass is 15.0. The van der Waals surface area contributed by atoms with E-state index in [2.05, 4.69) is 17.7 Å². The molecule has 0 spiro atoms. The van der Waals surface area contributed by atoms with Crippen molar-refractivity contribution >= 4 is 6.21 Å². The second-order valence-corrected chi connectivity index (χ2v) is 1.55. The largest absolute Gasteiger partial charge is 0.245 e. The van der Waals surface area contributed by atoms with Crippen LogP contribution in [0.5, 0.6) is 0 Å². The van der Waals surface area contributed by atoms with Gasteiger partial charge in [-0.05, 0) is 0 Å². The molecule has 1 heteroatoms. The van der Waals surface area contributed by atoms with E-state index in [-0.39, 0.29) is 0 Å². The Morgan fingerprint density at radius 1 is 1.50 bits per heavy atom. The van der Waals surface area contributed by atoms with Gasteiger partial charge < -0.3 is 0 Å². The SMILES string of the molecule is C[N+]([13CH3])=C[13CH2][13CH3]. The molecule has 0 fully saturated rings. The van der Waals surface area contributed by atoms with Gasteiger partial charge in [0, 0.05) is 6.42 Å². The van der Waals surface area contributed by atoms with E-state index in [1.807, 2.05) is 14.1 Å². The second kappa shape index (κ2) is 2.88. The number of nitrogens with zero attached hydrogens (tertiary/aromatic N) is 1. The lowest BCUT2D eigenvalue weighted by Crippen LogP contribution is -1.95. The molecule has 0 aromatic rings. The average molecular weight is 89.1 g/mol. The standard InChI is InChI=1S/C5H12N/c1-4-5-6(2)3/h5H,4H2,1-3H3/q+1/i1+1,2+1,4+1. The minimum Gasteiger partial charge on any atom is -0.245 e. The smallest absolute Gasteiger partial charge is 0.138 e. The quantitative estimate of drug-likeness (QED) is 0.253. The molecule has 0 heterocycles. The first kappa shape index (κ1) is 5.67. The first-order chi connectivity index (χ1) is 2.77. The summed E-state index contributed by atoms with van der Waals surface area (Å²) < 4.78 is 2.06. The van der Waals surface area contributed by atoms with Gasteiger partial charge in [-0.2, -0.15) is 0 Å². The van der Waals surface area contributed by atoms with Crippen LogP contribution in [0.1, 0.15) is 13.3 Å². The van der Waals surface area contributed by atoms with Crippen molar-refractivity contribution in [2.75, 3.05) is 14.1 Å². The molecule has 6 heavy (non-hydrogen) atoms. The first-order valence-corrected chi connectivity index (χ1v) is 2.27. The van der Waals surface area contributed by atoms with Gasteiger partial charge in [0.1, 0.15) is 20.3 Å². The van der Waals surface area contributed by atoms with Crippen LogP contribution in [0.3, 0.4) is 0 Å². The molecule has 0 N–H and O–H groups in total. The maximum atomic E-state index is 2.12. The highest BCUT2D eigenvalue weighted by Crippen LogP contribution is 1.61. The lowest BCUT2D eigenvalue weighted by atomic mass is 11.0. The molecule has 0 saturated carbocycles. The summed E-state index contributed by atoms with van der Waals surface area (Å²) in [6, 6.07) is 0. The van der Waals surface area contributed by atoms with Crippen LogP contribution in [0.4, 0.5) is 0 Å². The zero-order valence-corrected chi connectivity index (χ0v) is 4.73. The predicted molar refractivity (Wildman–Crippen MR) is 28.5 cm³/mol. The van der Waals surface area contributed by atoms with Crippen LogP contribution in [-0.4, -0.2) is 24.9 Å². The lowest BCUT2D eigenvalue weighted by Gasteiger charge is -1.76. The topological polar surface area (TPSA) is 3.01 Å². The van der Waals surface area contributed by atoms with Gasteiger partial charge in [0.05, 0.1) is 0 Å². The fourth-order valence-electron chi connectivity index (χ4n) is 0.365. The number of hydrogen-bond acceptors (Lipinski definition) is 0. The summed E-state index contributed by atoms with van der Waals surface area (Å²) >= 11 is 0. The van der Waals surface area contributed by atoms with Gasteiger partial charge in [0.15, 0.2) is 0 Å². The summed E-state index contributed by atoms with van der Waals surface area (Å²) in [4.78, 5) is 0. The molecule has 0 unspecified atom stereocenters. The Morgan fingerprint density at radius 3 is 2.00 bits per heavy atom. The summed E-state index contributed by atoms with van der Waals surface area (Å²) in [6.45, 7) is 2.12. The maximum absolute atomic E-state index is 2.12. The summed E-state index contributed by atoms with van der Waals surface area (Å²) in [7, 11) is 4.06. The van der Waals surface area contributed by atoms with Crippen molar-refractivity contribution in [1.82, 2.24) is 0 Å². The molecule has 0 atom stereocenters. The zero-order chi connectivity index (χ0) is 4.99. The molecule has 0 aromatic heterocycles. The third kappa shape index (κ3) is 3.67. The summed E-state index contributed by atoms with van der Waals surface area (Å²) in [6.07, 6.45) is 3.26. The highest BCUT2D eigenvalue weighted by molar-refractivity contribution is 5.49. The van der Waals surface area contributed by atoms with Gasteiger partial charge in [-0.1, -0.05) is 6.92 Å². The fraction of sp³-hybridized carbons (Fsp3) is 0.800. The fourth-order valence-corrected chi connectivity index (χ4v) is 0.365. The van der Waals surface area contributed by atoms with Crippen LogP contribution in [0.2, 0.25) is 0 Å². The summed E-state index contributed by atoms with van der Waals surface area (Å²) in [5.41, 5.74) is 0. The molecule has 0 saturated heterocycles. The molecular weight excluding hydrogens is 77.0 g/mol. The van der Waals surface area contributed by atoms with Crippen molar-refractivity contribution in [1.29, 1.82) is 0 Å². The van der Waals surface area contributed by atoms with Crippen molar-refractivity contribution in [3.63, 3.8) is 0 Å². The van der Waals surface area contributed by atoms with E-state index in [0.29, 0.717) is 0 Å². The van der Waals surface area contributed by atoms with Gasteiger partial charge >= 0.3 is 0 Å². The molecule has 1 nitrogen and oxygen atoms in total. The summed E-state index contributed by atoms with van der Waals surface area (Å²) in [5.74, 6) is 0. The third-order valence-electron chi connectivity index (χ3n) is 0.548. The van der Waals surface area contributed by atoms with Crippen molar-refractivity contribution in [3.05, 3.63) is 0 Å². The molecule has 0 bridgehead atoms. The van der Waals surface area contributed by atoms with Crippen molar-refractivity contribution in [2.24, 2.45) is 0 Å². The molecular formula is C5H12N+. The van der Waals surface area contributed by atoms with Crippen molar-refractivity contribution in [3.8, 4) is 0 Å². The van der Waals surface area contributed by atoms with E-state index >= 15 is 0 Å². The van der Waals surface area contributed by atoms with Crippen molar-refractivity contribution in [2.45, 2.75) is 13.3 Å². The first-order valence-electron chi connectivity index (χ1n) is 2.27. The van der Waals surface area contributed by atoms with Crippen LogP contribution in [0, 0.1) is 0 Å². The van der Waals surface area contributed by atoms with E-state index in [0.717, 1.165) is 6.42 Å².